The van der Waals surface area contributed by atoms with E-state index in [1.165, 1.54) is 16.4 Å². The predicted octanol–water partition coefficient (Wildman–Crippen LogP) is 3.44. The molecule has 0 aliphatic rings. The molecule has 0 heterocycles. The zero-order chi connectivity index (χ0) is 12.3. The van der Waals surface area contributed by atoms with Gasteiger partial charge in [0.25, 0.3) is 0 Å². The van der Waals surface area contributed by atoms with E-state index in [1.54, 1.807) is 7.11 Å². The Morgan fingerprint density at radius 1 is 1.12 bits per heavy atom. The monoisotopic (exact) mass is 264 g/mol. The fourth-order valence-electron chi connectivity index (χ4n) is 1.78. The van der Waals surface area contributed by atoms with Gasteiger partial charge in [-0.25, -0.2) is 0 Å². The molecule has 1 nitrogen and oxygen atoms in total. The Morgan fingerprint density at radius 3 is 2.65 bits per heavy atom. The molecule has 0 spiro atoms. The maximum absolute atomic E-state index is 6.02. The van der Waals surface area contributed by atoms with Gasteiger partial charge in [-0.05, 0) is 34.6 Å². The molecule has 0 saturated heterocycles. The Kier molecular flexibility index (Phi) is 4.04. The van der Waals surface area contributed by atoms with Crippen molar-refractivity contribution in [3.8, 4) is 5.75 Å². The number of methoxy groups -OCH3 is 1. The van der Waals surface area contributed by atoms with Gasteiger partial charge in [-0.15, -0.1) is 9.24 Å². The summed E-state index contributed by atoms with van der Waals surface area (Å²) in [5.41, 5.74) is 2.37. The quantitative estimate of drug-likeness (QED) is 0.772. The van der Waals surface area contributed by atoms with Crippen LogP contribution in [0.25, 0.3) is 0 Å². The Bertz CT molecular complexity index is 525. The predicted molar refractivity (Wildman–Crippen MR) is 76.6 cm³/mol. The summed E-state index contributed by atoms with van der Waals surface area (Å²) >= 11 is 6.02. The van der Waals surface area contributed by atoms with Gasteiger partial charge in [0.15, 0.2) is 0 Å². The lowest BCUT2D eigenvalue weighted by Crippen LogP contribution is -2.03. The molecule has 17 heavy (non-hydrogen) atoms. The molecule has 2 aromatic rings. The fraction of sp³-hybridized carbons (Fsp3) is 0.143. The van der Waals surface area contributed by atoms with Gasteiger partial charge in [0.05, 0.1) is 7.11 Å². The third-order valence-electron chi connectivity index (χ3n) is 2.68. The van der Waals surface area contributed by atoms with Crippen molar-refractivity contribution < 1.29 is 4.74 Å². The van der Waals surface area contributed by atoms with Gasteiger partial charge in [-0.1, -0.05) is 35.9 Å². The molecule has 0 saturated carbocycles. The van der Waals surface area contributed by atoms with Gasteiger partial charge in [0.1, 0.15) is 5.75 Å². The molecule has 0 aromatic heterocycles. The summed E-state index contributed by atoms with van der Waals surface area (Å²) in [6, 6.07) is 13.9. The summed E-state index contributed by atoms with van der Waals surface area (Å²) in [7, 11) is 4.43. The highest BCUT2D eigenvalue weighted by Gasteiger charge is 2.05. The normalized spacial score (nSPS) is 10.3. The highest BCUT2D eigenvalue weighted by Crippen LogP contribution is 2.22. The first-order chi connectivity index (χ1) is 8.20. The summed E-state index contributed by atoms with van der Waals surface area (Å²) < 4.78 is 5.35. The molecule has 2 aromatic carbocycles. The standard InChI is InChI=1S/C14H14ClOP/c1-16-13-5-3-2-4-10(13)8-11-9-12(15)6-7-14(11)17/h2-7,9H,8,17H2,1H3. The van der Waals surface area contributed by atoms with Crippen LogP contribution >= 0.6 is 20.8 Å². The van der Waals surface area contributed by atoms with Crippen LogP contribution in [0.15, 0.2) is 42.5 Å². The molecule has 0 aliphatic heterocycles. The van der Waals surface area contributed by atoms with Crippen molar-refractivity contribution in [1.82, 2.24) is 0 Å². The molecule has 0 radical (unpaired) electrons. The first-order valence-electron chi connectivity index (χ1n) is 5.36. The Hall–Kier alpha value is -1.04. The third kappa shape index (κ3) is 3.00. The van der Waals surface area contributed by atoms with Crippen LogP contribution in [0.1, 0.15) is 11.1 Å². The number of rotatable bonds is 3. The zero-order valence-corrected chi connectivity index (χ0v) is 11.5. The van der Waals surface area contributed by atoms with Gasteiger partial charge in [0, 0.05) is 11.4 Å². The van der Waals surface area contributed by atoms with Crippen molar-refractivity contribution >= 4 is 26.1 Å². The van der Waals surface area contributed by atoms with E-state index in [1.807, 2.05) is 36.4 Å². The summed E-state index contributed by atoms with van der Waals surface area (Å²) in [6.07, 6.45) is 0.823. The molecule has 0 aliphatic carbocycles. The second kappa shape index (κ2) is 5.53. The lowest BCUT2D eigenvalue weighted by Gasteiger charge is -2.10. The molecule has 0 amide bonds. The van der Waals surface area contributed by atoms with E-state index >= 15 is 0 Å². The molecule has 0 fully saturated rings. The summed E-state index contributed by atoms with van der Waals surface area (Å²) in [5.74, 6) is 0.914. The third-order valence-corrected chi connectivity index (χ3v) is 3.48. The van der Waals surface area contributed by atoms with Gasteiger partial charge in [-0.2, -0.15) is 0 Å². The molecule has 0 bridgehead atoms. The molecule has 1 unspecified atom stereocenters. The van der Waals surface area contributed by atoms with E-state index in [4.69, 9.17) is 16.3 Å². The Morgan fingerprint density at radius 2 is 1.88 bits per heavy atom. The molecule has 0 N–H and O–H groups in total. The number of para-hydroxylation sites is 1. The van der Waals surface area contributed by atoms with E-state index in [0.29, 0.717) is 0 Å². The van der Waals surface area contributed by atoms with Crippen molar-refractivity contribution in [3.63, 3.8) is 0 Å². The summed E-state index contributed by atoms with van der Waals surface area (Å²) in [6.45, 7) is 0. The minimum absolute atomic E-state index is 0.765. The highest BCUT2D eigenvalue weighted by molar-refractivity contribution is 7.27. The average Bonchev–Trinajstić information content (AvgIpc) is 2.34. The smallest absolute Gasteiger partial charge is 0.122 e. The van der Waals surface area contributed by atoms with Gasteiger partial charge in [-0.3, -0.25) is 0 Å². The fourth-order valence-corrected chi connectivity index (χ4v) is 2.26. The molecule has 2 rings (SSSR count). The largest absolute Gasteiger partial charge is 0.496 e. The lowest BCUT2D eigenvalue weighted by atomic mass is 10.0. The zero-order valence-electron chi connectivity index (χ0n) is 9.61. The van der Waals surface area contributed by atoms with Crippen molar-refractivity contribution in [3.05, 3.63) is 58.6 Å². The van der Waals surface area contributed by atoms with E-state index in [2.05, 4.69) is 15.3 Å². The number of hydrogen-bond donors (Lipinski definition) is 0. The number of halogens is 1. The molecule has 1 atom stereocenters. The second-order valence-corrected chi connectivity index (χ2v) is 4.89. The van der Waals surface area contributed by atoms with Gasteiger partial charge >= 0.3 is 0 Å². The minimum atomic E-state index is 0.765. The number of hydrogen-bond acceptors (Lipinski definition) is 1. The summed E-state index contributed by atoms with van der Waals surface area (Å²) in [4.78, 5) is 0. The molecular weight excluding hydrogens is 251 g/mol. The maximum Gasteiger partial charge on any atom is 0.122 e. The van der Waals surface area contributed by atoms with E-state index in [9.17, 15) is 0 Å². The molecule has 3 heteroatoms. The Balaban J connectivity index is 2.34. The first kappa shape index (κ1) is 12.4. The van der Waals surface area contributed by atoms with Crippen LogP contribution in [0.3, 0.4) is 0 Å². The number of ether oxygens (including phenoxy) is 1. The number of benzene rings is 2. The van der Waals surface area contributed by atoms with Gasteiger partial charge in [0.2, 0.25) is 0 Å². The van der Waals surface area contributed by atoms with E-state index < -0.39 is 0 Å². The van der Waals surface area contributed by atoms with Crippen LogP contribution < -0.4 is 10.0 Å². The maximum atomic E-state index is 6.02. The Labute approximate surface area is 109 Å². The SMILES string of the molecule is COc1ccccc1Cc1cc(Cl)ccc1P. The van der Waals surface area contributed by atoms with E-state index in [0.717, 1.165) is 17.2 Å². The molecule has 88 valence electrons. The van der Waals surface area contributed by atoms with Crippen molar-refractivity contribution in [2.24, 2.45) is 0 Å². The first-order valence-corrected chi connectivity index (χ1v) is 6.32. The van der Waals surface area contributed by atoms with Crippen LogP contribution in [0.5, 0.6) is 5.75 Å². The van der Waals surface area contributed by atoms with Crippen molar-refractivity contribution in [1.29, 1.82) is 0 Å². The van der Waals surface area contributed by atoms with Gasteiger partial charge < -0.3 is 4.74 Å². The van der Waals surface area contributed by atoms with Crippen molar-refractivity contribution in [2.45, 2.75) is 6.42 Å². The highest BCUT2D eigenvalue weighted by atomic mass is 35.5. The van der Waals surface area contributed by atoms with E-state index in [-0.39, 0.29) is 0 Å². The molecular formula is C14H14ClOP. The average molecular weight is 265 g/mol. The lowest BCUT2D eigenvalue weighted by molar-refractivity contribution is 0.410. The summed E-state index contributed by atoms with van der Waals surface area (Å²) in [5, 5.41) is 1.93. The van der Waals surface area contributed by atoms with Crippen molar-refractivity contribution in [2.75, 3.05) is 7.11 Å². The van der Waals surface area contributed by atoms with Crippen LogP contribution in [-0.4, -0.2) is 7.11 Å². The minimum Gasteiger partial charge on any atom is -0.496 e. The van der Waals surface area contributed by atoms with Crippen LogP contribution in [0.2, 0.25) is 5.02 Å². The second-order valence-electron chi connectivity index (χ2n) is 3.83. The topological polar surface area (TPSA) is 9.23 Å². The van der Waals surface area contributed by atoms with Crippen LogP contribution in [-0.2, 0) is 6.42 Å². The van der Waals surface area contributed by atoms with Crippen LogP contribution in [0.4, 0.5) is 0 Å². The van der Waals surface area contributed by atoms with Crippen LogP contribution in [0, 0.1) is 0 Å².